The number of carbonyl (C=O) groups excluding carboxylic acids is 1. The van der Waals surface area contributed by atoms with Crippen LogP contribution in [0.4, 0.5) is 8.78 Å². The molecule has 1 aromatic heterocycles. The van der Waals surface area contributed by atoms with Crippen molar-refractivity contribution in [1.82, 2.24) is 15.2 Å². The number of halogens is 2. The number of carbonyl (C=O) groups is 1. The Labute approximate surface area is 228 Å². The molecule has 0 aliphatic heterocycles. The van der Waals surface area contributed by atoms with E-state index in [0.29, 0.717) is 43.1 Å². The van der Waals surface area contributed by atoms with Gasteiger partial charge in [-0.15, -0.1) is 0 Å². The number of H-pyrrole nitrogens is 1. The highest BCUT2D eigenvalue weighted by Gasteiger charge is 2.24. The Morgan fingerprint density at radius 1 is 0.949 bits per heavy atom. The average Bonchev–Trinajstić information content (AvgIpc) is 2.94. The number of amides is 1. The lowest BCUT2D eigenvalue weighted by molar-refractivity contribution is -0.134. The summed E-state index contributed by atoms with van der Waals surface area (Å²) in [7, 11) is 0. The number of aromatic amines is 1. The molecule has 8 heteroatoms. The molecule has 1 saturated carbocycles. The molecular weight excluding hydrogens is 500 g/mol. The number of unbranched alkanes of at least 4 members (excludes halogenated alkanes) is 2. The van der Waals surface area contributed by atoms with Gasteiger partial charge in [0.05, 0.1) is 5.52 Å². The lowest BCUT2D eigenvalue weighted by atomic mass is 9.93. The summed E-state index contributed by atoms with van der Waals surface area (Å²) in [5.41, 5.74) is 1.66. The van der Waals surface area contributed by atoms with E-state index in [1.54, 1.807) is 18.2 Å². The molecule has 4 rings (SSSR count). The number of rotatable bonds is 13. The Balaban J connectivity index is 1.23. The summed E-state index contributed by atoms with van der Waals surface area (Å²) in [6.45, 7) is 1.73. The number of nitrogens with zero attached hydrogens (tertiary/aromatic N) is 1. The van der Waals surface area contributed by atoms with E-state index in [1.165, 1.54) is 18.6 Å². The van der Waals surface area contributed by atoms with E-state index in [4.69, 9.17) is 0 Å². The first-order chi connectivity index (χ1) is 18.9. The van der Waals surface area contributed by atoms with Crippen LogP contribution in [0.15, 0.2) is 47.3 Å². The molecule has 1 amide bonds. The zero-order valence-corrected chi connectivity index (χ0v) is 22.5. The highest BCUT2D eigenvalue weighted by atomic mass is 19.2. The maximum Gasteiger partial charge on any atom is 0.248 e. The lowest BCUT2D eigenvalue weighted by Crippen LogP contribution is -2.43. The monoisotopic (exact) mass is 539 g/mol. The second-order valence-electron chi connectivity index (χ2n) is 10.5. The number of phenols is 1. The van der Waals surface area contributed by atoms with Gasteiger partial charge in [-0.25, -0.2) is 8.78 Å². The van der Waals surface area contributed by atoms with Crippen LogP contribution in [-0.4, -0.2) is 46.6 Å². The minimum Gasteiger partial charge on any atom is -0.506 e. The quantitative estimate of drug-likeness (QED) is 0.247. The van der Waals surface area contributed by atoms with Crippen molar-refractivity contribution in [3.05, 3.63) is 75.6 Å². The van der Waals surface area contributed by atoms with Crippen molar-refractivity contribution in [2.24, 2.45) is 0 Å². The van der Waals surface area contributed by atoms with Crippen molar-refractivity contribution >= 4 is 16.8 Å². The first-order valence-corrected chi connectivity index (χ1v) is 14.2. The van der Waals surface area contributed by atoms with E-state index in [9.17, 15) is 23.5 Å². The molecule has 0 unspecified atom stereocenters. The molecule has 1 aliphatic carbocycles. The van der Waals surface area contributed by atoms with Crippen LogP contribution in [-0.2, 0) is 17.6 Å². The number of pyridine rings is 1. The minimum atomic E-state index is -0.835. The third-order valence-corrected chi connectivity index (χ3v) is 7.76. The fourth-order valence-corrected chi connectivity index (χ4v) is 5.62. The van der Waals surface area contributed by atoms with Gasteiger partial charge in [0, 0.05) is 37.0 Å². The van der Waals surface area contributed by atoms with Crippen molar-refractivity contribution in [2.75, 3.05) is 19.6 Å². The fraction of sp³-hybridized carbons (Fsp3) is 0.484. The van der Waals surface area contributed by atoms with Gasteiger partial charge in [-0.2, -0.15) is 0 Å². The van der Waals surface area contributed by atoms with E-state index >= 15 is 0 Å². The molecular formula is C31H39F2N3O3. The number of aromatic hydroxyl groups is 1. The second kappa shape index (κ2) is 14.2. The number of hydrogen-bond donors (Lipinski definition) is 3. The van der Waals surface area contributed by atoms with Crippen LogP contribution in [0.5, 0.6) is 5.75 Å². The van der Waals surface area contributed by atoms with Crippen molar-refractivity contribution in [1.29, 1.82) is 0 Å². The number of aryl methyl sites for hydroxylation is 1. The number of fused-ring (bicyclic) bond motifs is 1. The Kier molecular flexibility index (Phi) is 10.5. The molecule has 39 heavy (non-hydrogen) atoms. The Bertz CT molecular complexity index is 1300. The summed E-state index contributed by atoms with van der Waals surface area (Å²) < 4.78 is 27.2. The zero-order valence-electron chi connectivity index (χ0n) is 22.5. The minimum absolute atomic E-state index is 0.0729. The third-order valence-electron chi connectivity index (χ3n) is 7.76. The summed E-state index contributed by atoms with van der Waals surface area (Å²) in [5, 5.41) is 14.2. The molecule has 1 aliphatic rings. The Hall–Kier alpha value is -3.26. The molecule has 3 aromatic rings. The standard InChI is InChI=1S/C31H39F2N3O3/c32-26-12-7-9-23(30(26)33)17-19-34-20-18-29(39)36(24-10-4-1-5-11-24)21-6-2-3-8-22-13-15-27(37)31-25(22)14-16-28(38)35-31/h7,9,12-16,24,34,37H,1-6,8,10-11,17-21H2,(H,35,38). The van der Waals surface area contributed by atoms with Gasteiger partial charge in [0.1, 0.15) is 5.75 Å². The van der Waals surface area contributed by atoms with Gasteiger partial charge in [-0.1, -0.05) is 43.9 Å². The topological polar surface area (TPSA) is 85.4 Å². The van der Waals surface area contributed by atoms with Gasteiger partial charge < -0.3 is 20.3 Å². The normalized spacial score (nSPS) is 14.1. The van der Waals surface area contributed by atoms with Gasteiger partial charge in [-0.3, -0.25) is 9.59 Å². The highest BCUT2D eigenvalue weighted by Crippen LogP contribution is 2.27. The third kappa shape index (κ3) is 7.88. The van der Waals surface area contributed by atoms with Gasteiger partial charge in [0.2, 0.25) is 11.5 Å². The van der Waals surface area contributed by atoms with Gasteiger partial charge in [0.25, 0.3) is 0 Å². The summed E-state index contributed by atoms with van der Waals surface area (Å²) >= 11 is 0. The van der Waals surface area contributed by atoms with Gasteiger partial charge in [-0.05, 0) is 74.4 Å². The molecule has 1 heterocycles. The maximum absolute atomic E-state index is 13.8. The molecule has 0 radical (unpaired) electrons. The number of hydrogen-bond acceptors (Lipinski definition) is 4. The van der Waals surface area contributed by atoms with Crippen LogP contribution < -0.4 is 10.9 Å². The Morgan fingerprint density at radius 3 is 2.59 bits per heavy atom. The smallest absolute Gasteiger partial charge is 0.248 e. The first-order valence-electron chi connectivity index (χ1n) is 14.2. The van der Waals surface area contributed by atoms with E-state index in [2.05, 4.69) is 15.2 Å². The van der Waals surface area contributed by atoms with Crippen molar-refractivity contribution in [2.45, 2.75) is 76.7 Å². The SMILES string of the molecule is O=C(CCNCCc1cccc(F)c1F)N(CCCCCc1ccc(O)c2[nH]c(=O)ccc12)C1CCCCC1. The van der Waals surface area contributed by atoms with E-state index < -0.39 is 11.6 Å². The van der Waals surface area contributed by atoms with E-state index in [1.807, 2.05) is 6.07 Å². The average molecular weight is 540 g/mol. The maximum atomic E-state index is 13.8. The zero-order chi connectivity index (χ0) is 27.6. The summed E-state index contributed by atoms with van der Waals surface area (Å²) in [6.07, 6.45) is 10.1. The largest absolute Gasteiger partial charge is 0.506 e. The molecule has 210 valence electrons. The number of phenolic OH excluding ortho intramolecular Hbond substituents is 1. The molecule has 3 N–H and O–H groups in total. The molecule has 2 aromatic carbocycles. The number of benzene rings is 2. The van der Waals surface area contributed by atoms with Crippen LogP contribution in [0.3, 0.4) is 0 Å². The summed E-state index contributed by atoms with van der Waals surface area (Å²) in [5.74, 6) is -1.41. The molecule has 6 nitrogen and oxygen atoms in total. The van der Waals surface area contributed by atoms with E-state index in [-0.39, 0.29) is 17.2 Å². The summed E-state index contributed by atoms with van der Waals surface area (Å²) in [6, 6.07) is 11.3. The molecule has 0 saturated heterocycles. The predicted octanol–water partition coefficient (Wildman–Crippen LogP) is 5.61. The molecule has 1 fully saturated rings. The molecule has 0 atom stereocenters. The van der Waals surface area contributed by atoms with Crippen molar-refractivity contribution in [3.8, 4) is 5.75 Å². The lowest BCUT2D eigenvalue weighted by Gasteiger charge is -2.34. The fourth-order valence-electron chi connectivity index (χ4n) is 5.62. The van der Waals surface area contributed by atoms with Crippen LogP contribution in [0.1, 0.15) is 68.9 Å². The van der Waals surface area contributed by atoms with Crippen molar-refractivity contribution in [3.63, 3.8) is 0 Å². The van der Waals surface area contributed by atoms with Crippen molar-refractivity contribution < 1.29 is 18.7 Å². The van der Waals surface area contributed by atoms with Crippen LogP contribution >= 0.6 is 0 Å². The van der Waals surface area contributed by atoms with E-state index in [0.717, 1.165) is 74.9 Å². The van der Waals surface area contributed by atoms with Crippen LogP contribution in [0, 0.1) is 11.6 Å². The highest BCUT2D eigenvalue weighted by molar-refractivity contribution is 5.87. The first kappa shape index (κ1) is 28.7. The molecule has 0 spiro atoms. The predicted molar refractivity (Wildman–Crippen MR) is 150 cm³/mol. The number of nitrogens with one attached hydrogen (secondary N) is 2. The van der Waals surface area contributed by atoms with Crippen LogP contribution in [0.2, 0.25) is 0 Å². The Morgan fingerprint density at radius 2 is 1.77 bits per heavy atom. The van der Waals surface area contributed by atoms with Crippen LogP contribution in [0.25, 0.3) is 10.9 Å². The van der Waals surface area contributed by atoms with Gasteiger partial charge in [0.15, 0.2) is 11.6 Å². The van der Waals surface area contributed by atoms with Gasteiger partial charge >= 0.3 is 0 Å². The molecule has 0 bridgehead atoms. The number of aromatic nitrogens is 1. The summed E-state index contributed by atoms with van der Waals surface area (Å²) in [4.78, 5) is 29.6. The second-order valence-corrected chi connectivity index (χ2v) is 10.5.